The summed E-state index contributed by atoms with van der Waals surface area (Å²) in [6.45, 7) is 1.96. The number of aromatic nitrogens is 2. The largest absolute Gasteiger partial charge is 0.346 e. The van der Waals surface area contributed by atoms with Gasteiger partial charge in [0, 0.05) is 41.3 Å². The predicted octanol–water partition coefficient (Wildman–Crippen LogP) is 3.62. The molecule has 2 N–H and O–H groups in total. The number of nitrogens with zero attached hydrogens (tertiary/aromatic N) is 2. The summed E-state index contributed by atoms with van der Waals surface area (Å²) in [5.41, 5.74) is 3.37. The Morgan fingerprint density at radius 3 is 3.12 bits per heavy atom. The first-order valence-corrected chi connectivity index (χ1v) is 8.86. The minimum Gasteiger partial charge on any atom is -0.346 e. The third kappa shape index (κ3) is 2.92. The van der Waals surface area contributed by atoms with Gasteiger partial charge in [-0.2, -0.15) is 0 Å². The maximum atomic E-state index is 12.3. The molecule has 0 atom stereocenters. The number of nitrogens with one attached hydrogen (secondary N) is 2. The van der Waals surface area contributed by atoms with Crippen molar-refractivity contribution >= 4 is 34.0 Å². The van der Waals surface area contributed by atoms with Crippen LogP contribution < -0.4 is 5.32 Å². The highest BCUT2D eigenvalue weighted by atomic mass is 32.1. The molecular formula is C18H18N4OS. The van der Waals surface area contributed by atoms with Gasteiger partial charge in [0.1, 0.15) is 5.65 Å². The summed E-state index contributed by atoms with van der Waals surface area (Å²) >= 11 is 1.66. The van der Waals surface area contributed by atoms with E-state index in [-0.39, 0.29) is 6.03 Å². The van der Waals surface area contributed by atoms with Crippen molar-refractivity contribution in [1.29, 1.82) is 0 Å². The standard InChI is InChI=1S/C18H18N4OS/c23-18(21-11-14-3-2-10-24-14)22-8-5-13(6-9-22)16-12-20-17-15(16)4-1-7-19-17/h1-5,7,10,12H,6,8-9,11H2,(H,19,20)(H,21,23). The SMILES string of the molecule is O=C(NCc1cccs1)N1CC=C(c2c[nH]c3ncccc23)CC1. The van der Waals surface area contributed by atoms with E-state index < -0.39 is 0 Å². The summed E-state index contributed by atoms with van der Waals surface area (Å²) in [4.78, 5) is 22.8. The summed E-state index contributed by atoms with van der Waals surface area (Å²) in [5.74, 6) is 0. The summed E-state index contributed by atoms with van der Waals surface area (Å²) in [6, 6.07) is 8.06. The molecule has 5 nitrogen and oxygen atoms in total. The highest BCUT2D eigenvalue weighted by Gasteiger charge is 2.19. The molecule has 3 aromatic heterocycles. The van der Waals surface area contributed by atoms with Crippen LogP contribution in [0.4, 0.5) is 4.79 Å². The van der Waals surface area contributed by atoms with E-state index in [0.717, 1.165) is 24.0 Å². The van der Waals surface area contributed by atoms with E-state index in [1.807, 2.05) is 34.7 Å². The fourth-order valence-corrected chi connectivity index (χ4v) is 3.65. The number of hydrogen-bond donors (Lipinski definition) is 2. The van der Waals surface area contributed by atoms with E-state index in [1.54, 1.807) is 17.5 Å². The first-order chi connectivity index (χ1) is 11.8. The predicted molar refractivity (Wildman–Crippen MR) is 96.8 cm³/mol. The summed E-state index contributed by atoms with van der Waals surface area (Å²) in [5, 5.41) is 6.15. The molecule has 3 aromatic rings. The molecule has 0 unspecified atom stereocenters. The molecule has 1 aliphatic heterocycles. The molecule has 1 aliphatic rings. The van der Waals surface area contributed by atoms with Gasteiger partial charge in [-0.05, 0) is 35.6 Å². The molecule has 0 radical (unpaired) electrons. The van der Waals surface area contributed by atoms with Crippen LogP contribution in [0.5, 0.6) is 0 Å². The molecule has 0 fully saturated rings. The normalized spacial score (nSPS) is 14.7. The topological polar surface area (TPSA) is 61.0 Å². The lowest BCUT2D eigenvalue weighted by Crippen LogP contribution is -2.41. The highest BCUT2D eigenvalue weighted by Crippen LogP contribution is 2.28. The summed E-state index contributed by atoms with van der Waals surface area (Å²) in [7, 11) is 0. The van der Waals surface area contributed by atoms with E-state index in [9.17, 15) is 4.79 Å². The smallest absolute Gasteiger partial charge is 0.317 e. The number of fused-ring (bicyclic) bond motifs is 1. The Kier molecular flexibility index (Phi) is 4.04. The number of urea groups is 1. The van der Waals surface area contributed by atoms with Crippen LogP contribution in [0.1, 0.15) is 16.9 Å². The number of aromatic amines is 1. The average Bonchev–Trinajstić information content (AvgIpc) is 3.29. The van der Waals surface area contributed by atoms with Crippen molar-refractivity contribution in [3.63, 3.8) is 0 Å². The van der Waals surface area contributed by atoms with Gasteiger partial charge in [-0.15, -0.1) is 11.3 Å². The van der Waals surface area contributed by atoms with Crippen LogP contribution in [0.2, 0.25) is 0 Å². The Morgan fingerprint density at radius 1 is 1.38 bits per heavy atom. The molecule has 4 rings (SSSR count). The maximum Gasteiger partial charge on any atom is 0.317 e. The summed E-state index contributed by atoms with van der Waals surface area (Å²) < 4.78 is 0. The maximum absolute atomic E-state index is 12.3. The van der Waals surface area contributed by atoms with Gasteiger partial charge in [0.05, 0.1) is 6.54 Å². The van der Waals surface area contributed by atoms with Crippen molar-refractivity contribution in [2.75, 3.05) is 13.1 Å². The molecular weight excluding hydrogens is 320 g/mol. The Balaban J connectivity index is 1.42. The van der Waals surface area contributed by atoms with E-state index in [4.69, 9.17) is 0 Å². The fourth-order valence-electron chi connectivity index (χ4n) is 3.01. The van der Waals surface area contributed by atoms with Crippen molar-refractivity contribution in [1.82, 2.24) is 20.2 Å². The van der Waals surface area contributed by atoms with Gasteiger partial charge in [-0.3, -0.25) is 0 Å². The zero-order valence-corrected chi connectivity index (χ0v) is 14.0. The van der Waals surface area contributed by atoms with Gasteiger partial charge in [0.15, 0.2) is 0 Å². The monoisotopic (exact) mass is 338 g/mol. The second-order valence-electron chi connectivity index (χ2n) is 5.77. The van der Waals surface area contributed by atoms with Crippen LogP contribution in [0.3, 0.4) is 0 Å². The number of H-pyrrole nitrogens is 1. The van der Waals surface area contributed by atoms with Crippen molar-refractivity contribution in [2.24, 2.45) is 0 Å². The number of rotatable bonds is 3. The number of carbonyl (C=O) groups is 1. The third-order valence-corrected chi connectivity index (χ3v) is 5.16. The van der Waals surface area contributed by atoms with Crippen LogP contribution in [0, 0.1) is 0 Å². The quantitative estimate of drug-likeness (QED) is 0.766. The van der Waals surface area contributed by atoms with Crippen molar-refractivity contribution in [3.05, 3.63) is 58.6 Å². The van der Waals surface area contributed by atoms with Crippen molar-refractivity contribution in [3.8, 4) is 0 Å². The van der Waals surface area contributed by atoms with E-state index in [0.29, 0.717) is 13.1 Å². The van der Waals surface area contributed by atoms with E-state index in [2.05, 4.69) is 27.4 Å². The number of carbonyl (C=O) groups excluding carboxylic acids is 1. The number of amides is 2. The molecule has 24 heavy (non-hydrogen) atoms. The van der Waals surface area contributed by atoms with Gasteiger partial charge in [0.2, 0.25) is 0 Å². The number of thiophene rings is 1. The van der Waals surface area contributed by atoms with E-state index in [1.165, 1.54) is 16.0 Å². The van der Waals surface area contributed by atoms with Crippen LogP contribution in [-0.4, -0.2) is 34.0 Å². The second kappa shape index (κ2) is 6.49. The van der Waals surface area contributed by atoms with Crippen LogP contribution in [0.15, 0.2) is 48.1 Å². The van der Waals surface area contributed by atoms with Crippen LogP contribution >= 0.6 is 11.3 Å². The molecule has 0 aliphatic carbocycles. The second-order valence-corrected chi connectivity index (χ2v) is 6.80. The van der Waals surface area contributed by atoms with Crippen LogP contribution in [0.25, 0.3) is 16.6 Å². The zero-order chi connectivity index (χ0) is 16.4. The molecule has 0 aromatic carbocycles. The molecule has 0 bridgehead atoms. The van der Waals surface area contributed by atoms with Gasteiger partial charge in [-0.1, -0.05) is 12.1 Å². The molecule has 0 saturated heterocycles. The fraction of sp³-hybridized carbons (Fsp3) is 0.222. The first-order valence-electron chi connectivity index (χ1n) is 7.98. The summed E-state index contributed by atoms with van der Waals surface area (Å²) in [6.07, 6.45) is 6.80. The lowest BCUT2D eigenvalue weighted by molar-refractivity contribution is 0.202. The molecule has 4 heterocycles. The lowest BCUT2D eigenvalue weighted by atomic mass is 10.00. The van der Waals surface area contributed by atoms with E-state index >= 15 is 0 Å². The molecule has 0 spiro atoms. The molecule has 0 saturated carbocycles. The Bertz CT molecular complexity index is 881. The molecule has 2 amide bonds. The lowest BCUT2D eigenvalue weighted by Gasteiger charge is -2.26. The van der Waals surface area contributed by atoms with Crippen LogP contribution in [-0.2, 0) is 6.54 Å². The van der Waals surface area contributed by atoms with Gasteiger partial charge in [0.25, 0.3) is 0 Å². The zero-order valence-electron chi connectivity index (χ0n) is 13.2. The Morgan fingerprint density at radius 2 is 2.33 bits per heavy atom. The number of hydrogen-bond acceptors (Lipinski definition) is 3. The van der Waals surface area contributed by atoms with Gasteiger partial charge < -0.3 is 15.2 Å². The van der Waals surface area contributed by atoms with Crippen molar-refractivity contribution in [2.45, 2.75) is 13.0 Å². The Labute approximate surface area is 144 Å². The average molecular weight is 338 g/mol. The Hall–Kier alpha value is -2.60. The first kappa shape index (κ1) is 15.0. The third-order valence-electron chi connectivity index (χ3n) is 4.29. The minimum atomic E-state index is -0.000654. The van der Waals surface area contributed by atoms with Crippen molar-refractivity contribution < 1.29 is 4.79 Å². The highest BCUT2D eigenvalue weighted by molar-refractivity contribution is 7.09. The van der Waals surface area contributed by atoms with Gasteiger partial charge in [-0.25, -0.2) is 9.78 Å². The molecule has 122 valence electrons. The molecule has 6 heteroatoms. The minimum absolute atomic E-state index is 0.000654. The number of pyridine rings is 1. The van der Waals surface area contributed by atoms with Gasteiger partial charge >= 0.3 is 6.03 Å².